The van der Waals surface area contributed by atoms with Gasteiger partial charge in [-0.3, -0.25) is 4.79 Å². The van der Waals surface area contributed by atoms with Gasteiger partial charge in [0.05, 0.1) is 0 Å². The zero-order chi connectivity index (χ0) is 18.8. The fourth-order valence-electron chi connectivity index (χ4n) is 3.42. The molecule has 0 spiro atoms. The first kappa shape index (κ1) is 21.4. The average Bonchev–Trinajstić information content (AvgIpc) is 2.84. The van der Waals surface area contributed by atoms with Crippen molar-refractivity contribution in [1.82, 2.24) is 9.80 Å². The molecule has 0 aromatic carbocycles. The lowest BCUT2D eigenvalue weighted by Crippen LogP contribution is -2.47. The standard InChI is InChI=1S/C16H30N2O.C2H2O4/c1-14(2)13-16(19)18-11-7-15(8-12-18)17-9-5-3-4-6-10-17;3-1(4)2(5)6/h14-15H,3-13H2,1-2H3;(H,3,4)(H,5,6). The zero-order valence-electron chi connectivity index (χ0n) is 15.4. The zero-order valence-corrected chi connectivity index (χ0v) is 15.4. The molecule has 25 heavy (non-hydrogen) atoms. The van der Waals surface area contributed by atoms with Gasteiger partial charge < -0.3 is 20.0 Å². The highest BCUT2D eigenvalue weighted by Crippen LogP contribution is 2.21. The molecule has 2 aliphatic rings. The van der Waals surface area contributed by atoms with Crippen LogP contribution in [0, 0.1) is 5.92 Å². The Kier molecular flexibility index (Phi) is 9.49. The smallest absolute Gasteiger partial charge is 0.414 e. The molecule has 2 rings (SSSR count). The maximum Gasteiger partial charge on any atom is 0.414 e. The van der Waals surface area contributed by atoms with Crippen LogP contribution >= 0.6 is 0 Å². The highest BCUT2D eigenvalue weighted by molar-refractivity contribution is 6.27. The van der Waals surface area contributed by atoms with Gasteiger partial charge in [-0.15, -0.1) is 0 Å². The van der Waals surface area contributed by atoms with Gasteiger partial charge in [-0.25, -0.2) is 9.59 Å². The molecule has 0 bridgehead atoms. The Morgan fingerprint density at radius 1 is 0.880 bits per heavy atom. The molecule has 0 saturated carbocycles. The SMILES string of the molecule is CC(C)CC(=O)N1CCC(N2CCCCCC2)CC1.O=C(O)C(=O)O. The van der Waals surface area contributed by atoms with Gasteiger partial charge in [0, 0.05) is 25.6 Å². The minimum absolute atomic E-state index is 0.365. The maximum atomic E-state index is 12.1. The Morgan fingerprint density at radius 2 is 1.36 bits per heavy atom. The number of hydrogen-bond acceptors (Lipinski definition) is 4. The number of carbonyl (C=O) groups excluding carboxylic acids is 1. The minimum atomic E-state index is -1.82. The van der Waals surface area contributed by atoms with E-state index in [0.717, 1.165) is 19.1 Å². The molecule has 0 aromatic heterocycles. The summed E-state index contributed by atoms with van der Waals surface area (Å²) in [6.45, 7) is 8.78. The maximum absolute atomic E-state index is 12.1. The third-order valence-corrected chi connectivity index (χ3v) is 4.74. The van der Waals surface area contributed by atoms with Gasteiger partial charge in [0.25, 0.3) is 0 Å². The quantitative estimate of drug-likeness (QED) is 0.751. The van der Waals surface area contributed by atoms with Crippen LogP contribution in [0.1, 0.15) is 58.8 Å². The number of amides is 1. The Bertz CT molecular complexity index is 425. The van der Waals surface area contributed by atoms with Crippen LogP contribution in [-0.2, 0) is 14.4 Å². The average molecular weight is 356 g/mol. The molecule has 7 nitrogen and oxygen atoms in total. The van der Waals surface area contributed by atoms with Crippen LogP contribution in [0.15, 0.2) is 0 Å². The summed E-state index contributed by atoms with van der Waals surface area (Å²) in [5, 5.41) is 14.8. The Hall–Kier alpha value is -1.63. The van der Waals surface area contributed by atoms with E-state index in [-0.39, 0.29) is 0 Å². The second-order valence-corrected chi connectivity index (χ2v) is 7.27. The number of aliphatic carboxylic acids is 2. The monoisotopic (exact) mass is 356 g/mol. The van der Waals surface area contributed by atoms with E-state index in [4.69, 9.17) is 19.8 Å². The number of carboxylic acid groups (broad SMARTS) is 2. The van der Waals surface area contributed by atoms with Gasteiger partial charge in [-0.1, -0.05) is 26.7 Å². The summed E-state index contributed by atoms with van der Waals surface area (Å²) in [5.74, 6) is -2.80. The number of nitrogens with zero attached hydrogens (tertiary/aromatic N) is 2. The van der Waals surface area contributed by atoms with Crippen molar-refractivity contribution in [3.8, 4) is 0 Å². The van der Waals surface area contributed by atoms with Gasteiger partial charge in [-0.05, 0) is 44.7 Å². The van der Waals surface area contributed by atoms with E-state index in [2.05, 4.69) is 23.6 Å². The molecule has 2 saturated heterocycles. The molecule has 0 radical (unpaired) electrons. The second kappa shape index (κ2) is 11.1. The van der Waals surface area contributed by atoms with Crippen LogP contribution in [0.2, 0.25) is 0 Å². The van der Waals surface area contributed by atoms with E-state index in [9.17, 15) is 4.79 Å². The highest BCUT2D eigenvalue weighted by atomic mass is 16.4. The first-order chi connectivity index (χ1) is 11.8. The van der Waals surface area contributed by atoms with Gasteiger partial charge in [-0.2, -0.15) is 0 Å². The molecule has 1 amide bonds. The molecule has 0 aliphatic carbocycles. The lowest BCUT2D eigenvalue weighted by Gasteiger charge is -2.38. The van der Waals surface area contributed by atoms with Gasteiger partial charge in [0.15, 0.2) is 0 Å². The van der Waals surface area contributed by atoms with Crippen LogP contribution in [-0.4, -0.2) is 70.1 Å². The molecule has 0 unspecified atom stereocenters. The number of carboxylic acids is 2. The van der Waals surface area contributed by atoms with E-state index in [1.165, 1.54) is 51.6 Å². The van der Waals surface area contributed by atoms with Crippen molar-refractivity contribution in [3.63, 3.8) is 0 Å². The summed E-state index contributed by atoms with van der Waals surface area (Å²) in [5.41, 5.74) is 0. The molecule has 0 aromatic rings. The van der Waals surface area contributed by atoms with Gasteiger partial charge >= 0.3 is 11.9 Å². The van der Waals surface area contributed by atoms with Crippen LogP contribution in [0.25, 0.3) is 0 Å². The van der Waals surface area contributed by atoms with Crippen molar-refractivity contribution in [1.29, 1.82) is 0 Å². The Morgan fingerprint density at radius 3 is 1.76 bits per heavy atom. The van der Waals surface area contributed by atoms with Crippen molar-refractivity contribution in [3.05, 3.63) is 0 Å². The highest BCUT2D eigenvalue weighted by Gasteiger charge is 2.27. The molecule has 2 fully saturated rings. The number of likely N-dealkylation sites (tertiary alicyclic amines) is 2. The van der Waals surface area contributed by atoms with Gasteiger partial charge in [0.2, 0.25) is 5.91 Å². The first-order valence-corrected chi connectivity index (χ1v) is 9.29. The third-order valence-electron chi connectivity index (χ3n) is 4.74. The lowest BCUT2D eigenvalue weighted by molar-refractivity contribution is -0.159. The Balaban J connectivity index is 0.000000450. The summed E-state index contributed by atoms with van der Waals surface area (Å²) < 4.78 is 0. The number of piperidine rings is 1. The van der Waals surface area contributed by atoms with Crippen LogP contribution in [0.3, 0.4) is 0 Å². The third kappa shape index (κ3) is 8.34. The number of hydrogen-bond donors (Lipinski definition) is 2. The Labute approximate surface area is 150 Å². The van der Waals surface area contributed by atoms with Crippen LogP contribution in [0.5, 0.6) is 0 Å². The molecule has 2 heterocycles. The van der Waals surface area contributed by atoms with Gasteiger partial charge in [0.1, 0.15) is 0 Å². The largest absolute Gasteiger partial charge is 0.473 e. The predicted molar refractivity (Wildman–Crippen MR) is 94.4 cm³/mol. The summed E-state index contributed by atoms with van der Waals surface area (Å²) in [4.78, 5) is 35.0. The van der Waals surface area contributed by atoms with Crippen LogP contribution in [0.4, 0.5) is 0 Å². The van der Waals surface area contributed by atoms with Crippen molar-refractivity contribution >= 4 is 17.8 Å². The molecule has 7 heteroatoms. The number of rotatable bonds is 3. The van der Waals surface area contributed by atoms with Crippen molar-refractivity contribution in [2.24, 2.45) is 5.92 Å². The summed E-state index contributed by atoms with van der Waals surface area (Å²) >= 11 is 0. The molecule has 2 N–H and O–H groups in total. The van der Waals surface area contributed by atoms with E-state index >= 15 is 0 Å². The van der Waals surface area contributed by atoms with Crippen molar-refractivity contribution < 1.29 is 24.6 Å². The van der Waals surface area contributed by atoms with E-state index in [0.29, 0.717) is 18.2 Å². The topological polar surface area (TPSA) is 98.2 Å². The first-order valence-electron chi connectivity index (χ1n) is 9.29. The van der Waals surface area contributed by atoms with Crippen LogP contribution < -0.4 is 0 Å². The normalized spacial score (nSPS) is 19.7. The fourth-order valence-corrected chi connectivity index (χ4v) is 3.42. The van der Waals surface area contributed by atoms with E-state index in [1.54, 1.807) is 0 Å². The molecule has 0 atom stereocenters. The predicted octanol–water partition coefficient (Wildman–Crippen LogP) is 2.06. The molecule has 144 valence electrons. The summed E-state index contributed by atoms with van der Waals surface area (Å²) in [6, 6.07) is 0.737. The molecule has 2 aliphatic heterocycles. The van der Waals surface area contributed by atoms with E-state index < -0.39 is 11.9 Å². The fraction of sp³-hybridized carbons (Fsp3) is 0.833. The summed E-state index contributed by atoms with van der Waals surface area (Å²) in [7, 11) is 0. The minimum Gasteiger partial charge on any atom is -0.473 e. The molecular weight excluding hydrogens is 324 g/mol. The van der Waals surface area contributed by atoms with E-state index in [1.807, 2.05) is 0 Å². The number of carbonyl (C=O) groups is 3. The van der Waals surface area contributed by atoms with Crippen molar-refractivity contribution in [2.75, 3.05) is 26.2 Å². The molecular formula is C18H32N2O5. The second-order valence-electron chi connectivity index (χ2n) is 7.27. The van der Waals surface area contributed by atoms with Crippen molar-refractivity contribution in [2.45, 2.75) is 64.8 Å². The summed E-state index contributed by atoms with van der Waals surface area (Å²) in [6.07, 6.45) is 8.63. The lowest BCUT2D eigenvalue weighted by atomic mass is 10.0.